The number of nitro groups is 1. The van der Waals surface area contributed by atoms with Crippen molar-refractivity contribution in [1.82, 2.24) is 0 Å². The fraction of sp³-hybridized carbons (Fsp3) is 0.267. The van der Waals surface area contributed by atoms with Crippen molar-refractivity contribution < 1.29 is 14.5 Å². The van der Waals surface area contributed by atoms with E-state index in [1.807, 2.05) is 26.8 Å². The first-order valence-electron chi connectivity index (χ1n) is 6.36. The quantitative estimate of drug-likeness (QED) is 0.478. The SMILES string of the molecule is Cc1ccc([N+](=O)[O-])c(OCC(=O)c2cc(C)sc2C)c1. The first-order valence-corrected chi connectivity index (χ1v) is 7.18. The van der Waals surface area contributed by atoms with E-state index < -0.39 is 4.92 Å². The van der Waals surface area contributed by atoms with Crippen molar-refractivity contribution in [2.75, 3.05) is 6.61 Å². The number of benzene rings is 1. The Kier molecular flexibility index (Phi) is 4.37. The van der Waals surface area contributed by atoms with E-state index in [0.29, 0.717) is 5.56 Å². The number of nitrogens with zero attached hydrogens (tertiary/aromatic N) is 1. The maximum atomic E-state index is 12.1. The normalized spacial score (nSPS) is 10.4. The van der Waals surface area contributed by atoms with Crippen LogP contribution < -0.4 is 4.74 Å². The molecule has 0 unspecified atom stereocenters. The van der Waals surface area contributed by atoms with Crippen LogP contribution in [-0.4, -0.2) is 17.3 Å². The van der Waals surface area contributed by atoms with Crippen molar-refractivity contribution >= 4 is 22.8 Å². The van der Waals surface area contributed by atoms with Crippen LogP contribution in [0.1, 0.15) is 25.7 Å². The van der Waals surface area contributed by atoms with Crippen LogP contribution in [0.2, 0.25) is 0 Å². The first-order chi connectivity index (χ1) is 9.88. The molecule has 0 bridgehead atoms. The average molecular weight is 305 g/mol. The molecule has 0 N–H and O–H groups in total. The summed E-state index contributed by atoms with van der Waals surface area (Å²) in [7, 11) is 0. The summed E-state index contributed by atoms with van der Waals surface area (Å²) >= 11 is 1.55. The van der Waals surface area contributed by atoms with Crippen LogP contribution in [0.3, 0.4) is 0 Å². The van der Waals surface area contributed by atoms with Crippen molar-refractivity contribution in [1.29, 1.82) is 0 Å². The Labute approximate surface area is 126 Å². The summed E-state index contributed by atoms with van der Waals surface area (Å²) in [5.74, 6) is -0.0504. The Morgan fingerprint density at radius 2 is 2.00 bits per heavy atom. The second-order valence-corrected chi connectivity index (χ2v) is 6.23. The molecule has 0 amide bonds. The molecular formula is C15H15NO4S. The lowest BCUT2D eigenvalue weighted by Crippen LogP contribution is -2.12. The minimum Gasteiger partial charge on any atom is -0.478 e. The smallest absolute Gasteiger partial charge is 0.310 e. The Balaban J connectivity index is 2.16. The number of nitro benzene ring substituents is 1. The Morgan fingerprint density at radius 3 is 2.57 bits per heavy atom. The largest absolute Gasteiger partial charge is 0.478 e. The highest BCUT2D eigenvalue weighted by Crippen LogP contribution is 2.28. The van der Waals surface area contributed by atoms with Crippen molar-refractivity contribution in [3.8, 4) is 5.75 Å². The van der Waals surface area contributed by atoms with Crippen molar-refractivity contribution in [3.05, 3.63) is 55.3 Å². The van der Waals surface area contributed by atoms with Crippen molar-refractivity contribution in [2.45, 2.75) is 20.8 Å². The topological polar surface area (TPSA) is 69.4 Å². The summed E-state index contributed by atoms with van der Waals surface area (Å²) in [5, 5.41) is 10.9. The van der Waals surface area contributed by atoms with E-state index in [0.717, 1.165) is 15.3 Å². The lowest BCUT2D eigenvalue weighted by molar-refractivity contribution is -0.385. The summed E-state index contributed by atoms with van der Waals surface area (Å²) < 4.78 is 5.37. The van der Waals surface area contributed by atoms with Gasteiger partial charge in [0.05, 0.1) is 4.92 Å². The van der Waals surface area contributed by atoms with Crippen LogP contribution in [0.25, 0.3) is 0 Å². The average Bonchev–Trinajstić information content (AvgIpc) is 2.74. The van der Waals surface area contributed by atoms with Gasteiger partial charge in [-0.05, 0) is 38.5 Å². The molecule has 0 aliphatic rings. The Bertz CT molecular complexity index is 706. The number of aryl methyl sites for hydroxylation is 3. The molecular weight excluding hydrogens is 290 g/mol. The van der Waals surface area contributed by atoms with Crippen LogP contribution in [0.5, 0.6) is 5.75 Å². The minimum atomic E-state index is -0.515. The van der Waals surface area contributed by atoms with Crippen LogP contribution in [-0.2, 0) is 0 Å². The molecule has 0 aliphatic heterocycles. The Morgan fingerprint density at radius 1 is 1.29 bits per heavy atom. The third-order valence-electron chi connectivity index (χ3n) is 3.01. The monoisotopic (exact) mass is 305 g/mol. The summed E-state index contributed by atoms with van der Waals surface area (Å²) in [4.78, 5) is 24.5. The van der Waals surface area contributed by atoms with Crippen molar-refractivity contribution in [3.63, 3.8) is 0 Å². The second kappa shape index (κ2) is 6.05. The number of carbonyl (C=O) groups is 1. The van der Waals surface area contributed by atoms with E-state index in [-0.39, 0.29) is 23.8 Å². The van der Waals surface area contributed by atoms with Gasteiger partial charge in [-0.2, -0.15) is 0 Å². The zero-order valence-corrected chi connectivity index (χ0v) is 12.8. The Hall–Kier alpha value is -2.21. The molecule has 2 rings (SSSR count). The maximum absolute atomic E-state index is 12.1. The molecule has 110 valence electrons. The first kappa shape index (κ1) is 15.2. The summed E-state index contributed by atoms with van der Waals surface area (Å²) in [6.07, 6.45) is 0. The standard InChI is InChI=1S/C15H15NO4S/c1-9-4-5-13(16(18)19)15(6-9)20-8-14(17)12-7-10(2)21-11(12)3/h4-7H,8H2,1-3H3. The number of Topliss-reactive ketones (excluding diaryl/α,β-unsaturated/α-hetero) is 1. The van der Waals surface area contributed by atoms with Crippen molar-refractivity contribution in [2.24, 2.45) is 0 Å². The molecule has 0 radical (unpaired) electrons. The molecule has 5 nitrogen and oxygen atoms in total. The second-order valence-electron chi connectivity index (χ2n) is 4.77. The number of hydrogen-bond donors (Lipinski definition) is 0. The molecule has 21 heavy (non-hydrogen) atoms. The molecule has 0 atom stereocenters. The van der Waals surface area contributed by atoms with Gasteiger partial charge in [0.25, 0.3) is 0 Å². The number of rotatable bonds is 5. The van der Waals surface area contributed by atoms with E-state index in [2.05, 4.69) is 0 Å². The van der Waals surface area contributed by atoms with Gasteiger partial charge >= 0.3 is 5.69 Å². The maximum Gasteiger partial charge on any atom is 0.310 e. The molecule has 0 saturated carbocycles. The predicted octanol–water partition coefficient (Wildman–Crippen LogP) is 3.84. The van der Waals surface area contributed by atoms with E-state index in [4.69, 9.17) is 4.74 Å². The highest BCUT2D eigenvalue weighted by Gasteiger charge is 2.18. The van der Waals surface area contributed by atoms with E-state index in [1.165, 1.54) is 6.07 Å². The fourth-order valence-corrected chi connectivity index (χ4v) is 2.96. The molecule has 0 fully saturated rings. The fourth-order valence-electron chi connectivity index (χ4n) is 2.02. The summed E-state index contributed by atoms with van der Waals surface area (Å²) in [6, 6.07) is 6.40. The van der Waals surface area contributed by atoms with Gasteiger partial charge in [0, 0.05) is 21.4 Å². The lowest BCUT2D eigenvalue weighted by Gasteiger charge is -2.07. The highest BCUT2D eigenvalue weighted by atomic mass is 32.1. The molecule has 1 aromatic heterocycles. The molecule has 0 spiro atoms. The van der Waals surface area contributed by atoms with E-state index >= 15 is 0 Å². The molecule has 1 aromatic carbocycles. The van der Waals surface area contributed by atoms with Crippen LogP contribution in [0.15, 0.2) is 24.3 Å². The van der Waals surface area contributed by atoms with Gasteiger partial charge in [0.1, 0.15) is 0 Å². The molecule has 0 aliphatic carbocycles. The van der Waals surface area contributed by atoms with Gasteiger partial charge in [-0.1, -0.05) is 6.07 Å². The van der Waals surface area contributed by atoms with E-state index in [9.17, 15) is 14.9 Å². The number of hydrogen-bond acceptors (Lipinski definition) is 5. The van der Waals surface area contributed by atoms with Gasteiger partial charge in [-0.25, -0.2) is 0 Å². The number of carbonyl (C=O) groups excluding carboxylic acids is 1. The van der Waals surface area contributed by atoms with Crippen LogP contribution in [0.4, 0.5) is 5.69 Å². The van der Waals surface area contributed by atoms with Gasteiger partial charge in [0.2, 0.25) is 5.78 Å². The number of ketones is 1. The van der Waals surface area contributed by atoms with Gasteiger partial charge in [0.15, 0.2) is 12.4 Å². The van der Waals surface area contributed by atoms with Gasteiger partial charge < -0.3 is 4.74 Å². The third-order valence-corrected chi connectivity index (χ3v) is 3.98. The lowest BCUT2D eigenvalue weighted by atomic mass is 10.1. The summed E-state index contributed by atoms with van der Waals surface area (Å²) in [5.41, 5.74) is 1.32. The number of thiophene rings is 1. The highest BCUT2D eigenvalue weighted by molar-refractivity contribution is 7.12. The molecule has 0 saturated heterocycles. The van der Waals surface area contributed by atoms with Gasteiger partial charge in [-0.3, -0.25) is 14.9 Å². The molecule has 6 heteroatoms. The zero-order valence-electron chi connectivity index (χ0n) is 12.0. The number of ether oxygens (including phenoxy) is 1. The predicted molar refractivity (Wildman–Crippen MR) is 81.5 cm³/mol. The van der Waals surface area contributed by atoms with Gasteiger partial charge in [-0.15, -0.1) is 11.3 Å². The molecule has 1 heterocycles. The summed E-state index contributed by atoms with van der Waals surface area (Å²) in [6.45, 7) is 5.41. The van der Waals surface area contributed by atoms with Crippen LogP contribution >= 0.6 is 11.3 Å². The van der Waals surface area contributed by atoms with E-state index in [1.54, 1.807) is 23.5 Å². The zero-order chi connectivity index (χ0) is 15.6. The minimum absolute atomic E-state index is 0.123. The third kappa shape index (κ3) is 3.46. The van der Waals surface area contributed by atoms with Crippen LogP contribution in [0, 0.1) is 30.9 Å². The molecule has 2 aromatic rings.